The van der Waals surface area contributed by atoms with Crippen molar-refractivity contribution in [3.8, 4) is 0 Å². The fraction of sp³-hybridized carbons (Fsp3) is 0.286. The molecule has 0 saturated carbocycles. The van der Waals surface area contributed by atoms with Crippen molar-refractivity contribution in [2.24, 2.45) is 0 Å². The Bertz CT molecular complexity index is 482. The number of hydrogen-bond donors (Lipinski definition) is 0. The molecule has 0 radical (unpaired) electrons. The predicted molar refractivity (Wildman–Crippen MR) is 73.5 cm³/mol. The number of pyridine rings is 1. The summed E-state index contributed by atoms with van der Waals surface area (Å²) in [6.45, 7) is 2.19. The van der Waals surface area contributed by atoms with Crippen molar-refractivity contribution in [3.05, 3.63) is 53.9 Å². The monoisotopic (exact) mass is 307 g/mol. The number of allylic oxidation sites excluding steroid dienone is 2. The molecule has 18 heavy (non-hydrogen) atoms. The molecular formula is C14H14BrNO2. The highest BCUT2D eigenvalue weighted by atomic mass is 79.9. The molecule has 1 aliphatic carbocycles. The molecular weight excluding hydrogens is 294 g/mol. The Morgan fingerprint density at radius 2 is 2.33 bits per heavy atom. The Morgan fingerprint density at radius 3 is 3.00 bits per heavy atom. The molecule has 0 aliphatic heterocycles. The Balaban J connectivity index is 2.25. The topological polar surface area (TPSA) is 39.2 Å². The van der Waals surface area contributed by atoms with Crippen LogP contribution >= 0.6 is 15.9 Å². The quantitative estimate of drug-likeness (QED) is 0.636. The van der Waals surface area contributed by atoms with Crippen molar-refractivity contribution in [1.82, 2.24) is 4.98 Å². The summed E-state index contributed by atoms with van der Waals surface area (Å²) in [5.74, 6) is -0.232. The fourth-order valence-corrected chi connectivity index (χ4v) is 2.40. The molecule has 4 heteroatoms. The minimum atomic E-state index is -0.283. The van der Waals surface area contributed by atoms with Crippen LogP contribution in [0.25, 0.3) is 0 Å². The van der Waals surface area contributed by atoms with Gasteiger partial charge < -0.3 is 4.74 Å². The van der Waals surface area contributed by atoms with Gasteiger partial charge in [0.2, 0.25) is 0 Å². The maximum atomic E-state index is 11.7. The van der Waals surface area contributed by atoms with Gasteiger partial charge in [-0.25, -0.2) is 4.79 Å². The van der Waals surface area contributed by atoms with Crippen LogP contribution in [0.15, 0.2) is 48.2 Å². The first-order valence-corrected chi connectivity index (χ1v) is 6.76. The number of nitrogens with zero attached hydrogens (tertiary/aromatic N) is 1. The number of halogens is 1. The molecule has 0 bridgehead atoms. The Hall–Kier alpha value is -1.42. The summed E-state index contributed by atoms with van der Waals surface area (Å²) in [7, 11) is 0. The zero-order valence-electron chi connectivity index (χ0n) is 10.0. The molecule has 0 N–H and O–H groups in total. The minimum absolute atomic E-state index is 0.0515. The largest absolute Gasteiger partial charge is 0.462 e. The van der Waals surface area contributed by atoms with Crippen molar-refractivity contribution in [2.45, 2.75) is 17.7 Å². The normalized spacial score (nSPS) is 22.4. The van der Waals surface area contributed by atoms with E-state index in [9.17, 15) is 4.79 Å². The van der Waals surface area contributed by atoms with E-state index in [1.54, 1.807) is 19.2 Å². The SMILES string of the molecule is CCOC(=O)C1=CC(c2ccccn2)C(Br)C=C1. The highest BCUT2D eigenvalue weighted by Gasteiger charge is 2.23. The molecule has 94 valence electrons. The van der Waals surface area contributed by atoms with Gasteiger partial charge in [0.15, 0.2) is 0 Å². The van der Waals surface area contributed by atoms with E-state index in [1.165, 1.54) is 0 Å². The first kappa shape index (κ1) is 13.0. The average molecular weight is 308 g/mol. The van der Waals surface area contributed by atoms with E-state index in [0.717, 1.165) is 5.69 Å². The van der Waals surface area contributed by atoms with Crippen molar-refractivity contribution in [2.75, 3.05) is 6.61 Å². The van der Waals surface area contributed by atoms with Crippen LogP contribution in [0.2, 0.25) is 0 Å². The van der Waals surface area contributed by atoms with E-state index in [4.69, 9.17) is 4.74 Å². The van der Waals surface area contributed by atoms with Crippen molar-refractivity contribution in [3.63, 3.8) is 0 Å². The third-order valence-corrected chi connectivity index (χ3v) is 3.58. The van der Waals surface area contributed by atoms with Gasteiger partial charge in [0.1, 0.15) is 0 Å². The summed E-state index contributed by atoms with van der Waals surface area (Å²) in [5.41, 5.74) is 1.52. The molecule has 1 heterocycles. The predicted octanol–water partition coefficient (Wildman–Crippen LogP) is 2.99. The molecule has 0 saturated heterocycles. The van der Waals surface area contributed by atoms with Crippen LogP contribution < -0.4 is 0 Å². The molecule has 2 rings (SSSR count). The molecule has 0 amide bonds. The van der Waals surface area contributed by atoms with Gasteiger partial charge in [-0.1, -0.05) is 40.2 Å². The van der Waals surface area contributed by atoms with Gasteiger partial charge in [-0.2, -0.15) is 0 Å². The lowest BCUT2D eigenvalue weighted by atomic mass is 9.93. The average Bonchev–Trinajstić information content (AvgIpc) is 2.40. The number of carbonyl (C=O) groups excluding carboxylic acids is 1. The van der Waals surface area contributed by atoms with E-state index in [2.05, 4.69) is 20.9 Å². The molecule has 0 spiro atoms. The van der Waals surface area contributed by atoms with Gasteiger partial charge in [0.25, 0.3) is 0 Å². The molecule has 0 fully saturated rings. The summed E-state index contributed by atoms with van der Waals surface area (Å²) in [4.78, 5) is 16.2. The van der Waals surface area contributed by atoms with E-state index >= 15 is 0 Å². The number of esters is 1. The zero-order chi connectivity index (χ0) is 13.0. The van der Waals surface area contributed by atoms with E-state index in [1.807, 2.05) is 30.4 Å². The van der Waals surface area contributed by atoms with E-state index in [-0.39, 0.29) is 16.7 Å². The third-order valence-electron chi connectivity index (χ3n) is 2.70. The number of carbonyl (C=O) groups is 1. The molecule has 1 aromatic heterocycles. The van der Waals surface area contributed by atoms with E-state index in [0.29, 0.717) is 12.2 Å². The number of hydrogen-bond acceptors (Lipinski definition) is 3. The van der Waals surface area contributed by atoms with Gasteiger partial charge in [0, 0.05) is 22.6 Å². The maximum Gasteiger partial charge on any atom is 0.337 e. The number of rotatable bonds is 3. The summed E-state index contributed by atoms with van der Waals surface area (Å²) in [6.07, 6.45) is 7.40. The molecule has 1 aromatic rings. The van der Waals surface area contributed by atoms with Crippen LogP contribution in [0.1, 0.15) is 18.5 Å². The Labute approximate surface area is 115 Å². The van der Waals surface area contributed by atoms with Gasteiger partial charge in [-0.05, 0) is 19.1 Å². The highest BCUT2D eigenvalue weighted by Crippen LogP contribution is 2.31. The van der Waals surface area contributed by atoms with Crippen molar-refractivity contribution >= 4 is 21.9 Å². The van der Waals surface area contributed by atoms with Crippen LogP contribution in [-0.2, 0) is 9.53 Å². The standard InChI is InChI=1S/C14H14BrNO2/c1-2-18-14(17)10-6-7-12(15)11(9-10)13-5-3-4-8-16-13/h3-9,11-12H,2H2,1H3. The summed E-state index contributed by atoms with van der Waals surface area (Å²) >= 11 is 3.58. The van der Waals surface area contributed by atoms with Gasteiger partial charge in [-0.15, -0.1) is 0 Å². The van der Waals surface area contributed by atoms with Gasteiger partial charge in [0.05, 0.1) is 12.2 Å². The molecule has 3 nitrogen and oxygen atoms in total. The highest BCUT2D eigenvalue weighted by molar-refractivity contribution is 9.09. The number of aromatic nitrogens is 1. The van der Waals surface area contributed by atoms with Crippen molar-refractivity contribution < 1.29 is 9.53 Å². The zero-order valence-corrected chi connectivity index (χ0v) is 11.6. The summed E-state index contributed by atoms with van der Waals surface area (Å²) < 4.78 is 5.01. The Kier molecular flexibility index (Phi) is 4.31. The minimum Gasteiger partial charge on any atom is -0.462 e. The first-order valence-electron chi connectivity index (χ1n) is 5.84. The van der Waals surface area contributed by atoms with E-state index < -0.39 is 0 Å². The maximum absolute atomic E-state index is 11.7. The summed E-state index contributed by atoms with van der Waals surface area (Å²) in [6, 6.07) is 5.77. The van der Waals surface area contributed by atoms with Crippen LogP contribution in [0.3, 0.4) is 0 Å². The van der Waals surface area contributed by atoms with Gasteiger partial charge >= 0.3 is 5.97 Å². The smallest absolute Gasteiger partial charge is 0.337 e. The fourth-order valence-electron chi connectivity index (χ4n) is 1.83. The van der Waals surface area contributed by atoms with Gasteiger partial charge in [-0.3, -0.25) is 4.98 Å². The number of alkyl halides is 1. The summed E-state index contributed by atoms with van der Waals surface area (Å²) in [5, 5.41) is 0. The van der Waals surface area contributed by atoms with Crippen LogP contribution in [0.5, 0.6) is 0 Å². The van der Waals surface area contributed by atoms with Crippen LogP contribution in [0.4, 0.5) is 0 Å². The molecule has 0 aromatic carbocycles. The third kappa shape index (κ3) is 2.88. The first-order chi connectivity index (χ1) is 8.72. The lowest BCUT2D eigenvalue weighted by Crippen LogP contribution is -2.17. The molecule has 1 aliphatic rings. The lowest BCUT2D eigenvalue weighted by Gasteiger charge is -2.20. The number of ether oxygens (including phenoxy) is 1. The molecule has 2 atom stereocenters. The van der Waals surface area contributed by atoms with Crippen molar-refractivity contribution in [1.29, 1.82) is 0 Å². The lowest BCUT2D eigenvalue weighted by molar-refractivity contribution is -0.138. The molecule has 2 unspecified atom stereocenters. The van der Waals surface area contributed by atoms with Crippen LogP contribution in [0, 0.1) is 0 Å². The second-order valence-corrected chi connectivity index (χ2v) is 4.98. The Morgan fingerprint density at radius 1 is 1.50 bits per heavy atom. The second kappa shape index (κ2) is 5.96. The second-order valence-electron chi connectivity index (χ2n) is 3.93. The van der Waals surface area contributed by atoms with Crippen LogP contribution in [-0.4, -0.2) is 22.4 Å².